The summed E-state index contributed by atoms with van der Waals surface area (Å²) in [7, 11) is 0. The molecule has 112 valence electrons. The summed E-state index contributed by atoms with van der Waals surface area (Å²) in [5.41, 5.74) is 0.372. The first-order valence-electron chi connectivity index (χ1n) is 5.94. The number of hydrogen-bond acceptors (Lipinski definition) is 5. The summed E-state index contributed by atoms with van der Waals surface area (Å²) >= 11 is 1.08. The van der Waals surface area contributed by atoms with Gasteiger partial charge in [-0.1, -0.05) is 11.3 Å². The van der Waals surface area contributed by atoms with E-state index in [0.29, 0.717) is 6.54 Å². The minimum atomic E-state index is -4.55. The molecule has 1 amide bonds. The van der Waals surface area contributed by atoms with Gasteiger partial charge in [-0.3, -0.25) is 10.1 Å². The second-order valence-corrected chi connectivity index (χ2v) is 4.82. The molecular formula is C12H11F3N4OS. The Balaban J connectivity index is 2.30. The molecule has 0 aliphatic carbocycles. The van der Waals surface area contributed by atoms with Crippen LogP contribution in [-0.4, -0.2) is 22.6 Å². The zero-order chi connectivity index (χ0) is 15.5. The summed E-state index contributed by atoms with van der Waals surface area (Å²) in [5.74, 6) is -0.666. The number of rotatable bonds is 4. The highest BCUT2D eigenvalue weighted by atomic mass is 32.1. The fourth-order valence-electron chi connectivity index (χ4n) is 1.66. The van der Waals surface area contributed by atoms with Gasteiger partial charge >= 0.3 is 6.18 Å². The summed E-state index contributed by atoms with van der Waals surface area (Å²) < 4.78 is 39.0. The number of anilines is 2. The van der Waals surface area contributed by atoms with Gasteiger partial charge in [-0.15, -0.1) is 10.2 Å². The highest BCUT2D eigenvalue weighted by molar-refractivity contribution is 7.13. The second kappa shape index (κ2) is 6.08. The molecule has 2 rings (SSSR count). The minimum Gasteiger partial charge on any atom is -0.385 e. The van der Waals surface area contributed by atoms with E-state index in [4.69, 9.17) is 0 Å². The Bertz CT molecular complexity index is 628. The normalized spacial score (nSPS) is 11.2. The van der Waals surface area contributed by atoms with Gasteiger partial charge in [-0.25, -0.2) is 0 Å². The van der Waals surface area contributed by atoms with E-state index in [1.165, 1.54) is 17.6 Å². The number of carbonyl (C=O) groups excluding carboxylic acids is 1. The molecule has 0 unspecified atom stereocenters. The summed E-state index contributed by atoms with van der Waals surface area (Å²) in [4.78, 5) is 11.9. The molecule has 0 radical (unpaired) electrons. The van der Waals surface area contributed by atoms with Crippen molar-refractivity contribution in [3.63, 3.8) is 0 Å². The van der Waals surface area contributed by atoms with E-state index in [9.17, 15) is 18.0 Å². The molecule has 0 spiro atoms. The zero-order valence-electron chi connectivity index (χ0n) is 10.9. The Morgan fingerprint density at radius 2 is 2.14 bits per heavy atom. The van der Waals surface area contributed by atoms with Gasteiger partial charge in [0.2, 0.25) is 5.13 Å². The summed E-state index contributed by atoms with van der Waals surface area (Å²) in [6, 6.07) is 3.37. The van der Waals surface area contributed by atoms with Crippen LogP contribution < -0.4 is 10.6 Å². The Labute approximate surface area is 122 Å². The number of benzene rings is 1. The molecule has 0 saturated heterocycles. The van der Waals surface area contributed by atoms with Crippen molar-refractivity contribution in [2.45, 2.75) is 13.1 Å². The van der Waals surface area contributed by atoms with Gasteiger partial charge in [0.15, 0.2) is 0 Å². The summed E-state index contributed by atoms with van der Waals surface area (Å²) in [6.07, 6.45) is -4.55. The lowest BCUT2D eigenvalue weighted by Crippen LogP contribution is -2.16. The molecule has 0 atom stereocenters. The smallest absolute Gasteiger partial charge is 0.385 e. The van der Waals surface area contributed by atoms with Crippen LogP contribution in [0.15, 0.2) is 23.7 Å². The molecule has 1 aromatic heterocycles. The van der Waals surface area contributed by atoms with E-state index in [2.05, 4.69) is 20.8 Å². The molecule has 2 aromatic rings. The predicted octanol–water partition coefficient (Wildman–Crippen LogP) is 3.24. The lowest BCUT2D eigenvalue weighted by atomic mass is 10.1. The molecule has 2 N–H and O–H groups in total. The van der Waals surface area contributed by atoms with Gasteiger partial charge in [0.25, 0.3) is 5.91 Å². The van der Waals surface area contributed by atoms with Crippen molar-refractivity contribution in [2.24, 2.45) is 0 Å². The van der Waals surface area contributed by atoms with Gasteiger partial charge in [0.1, 0.15) is 5.51 Å². The van der Waals surface area contributed by atoms with Gasteiger partial charge in [-0.2, -0.15) is 13.2 Å². The molecule has 9 heteroatoms. The third-order valence-electron chi connectivity index (χ3n) is 2.53. The molecule has 0 bridgehead atoms. The average Bonchev–Trinajstić information content (AvgIpc) is 2.91. The number of hydrogen-bond donors (Lipinski definition) is 2. The molecule has 0 aliphatic heterocycles. The molecule has 0 fully saturated rings. The number of nitrogens with zero attached hydrogens (tertiary/aromatic N) is 2. The van der Waals surface area contributed by atoms with E-state index in [-0.39, 0.29) is 16.4 Å². The largest absolute Gasteiger partial charge is 0.418 e. The molecule has 21 heavy (non-hydrogen) atoms. The molecular weight excluding hydrogens is 305 g/mol. The third-order valence-corrected chi connectivity index (χ3v) is 3.14. The molecule has 1 aromatic carbocycles. The first-order valence-corrected chi connectivity index (χ1v) is 6.82. The van der Waals surface area contributed by atoms with Crippen molar-refractivity contribution < 1.29 is 18.0 Å². The van der Waals surface area contributed by atoms with Crippen molar-refractivity contribution in [1.29, 1.82) is 0 Å². The van der Waals surface area contributed by atoms with E-state index in [0.717, 1.165) is 17.4 Å². The van der Waals surface area contributed by atoms with Gasteiger partial charge in [0.05, 0.1) is 5.56 Å². The third kappa shape index (κ3) is 3.69. The van der Waals surface area contributed by atoms with Crippen LogP contribution in [0.5, 0.6) is 0 Å². The van der Waals surface area contributed by atoms with Crippen LogP contribution in [0.25, 0.3) is 0 Å². The number of aromatic nitrogens is 2. The summed E-state index contributed by atoms with van der Waals surface area (Å²) in [6.45, 7) is 2.04. The maximum atomic E-state index is 13.0. The predicted molar refractivity (Wildman–Crippen MR) is 73.5 cm³/mol. The number of amides is 1. The van der Waals surface area contributed by atoms with E-state index >= 15 is 0 Å². The Morgan fingerprint density at radius 3 is 2.71 bits per heavy atom. The van der Waals surface area contributed by atoms with Crippen LogP contribution in [-0.2, 0) is 6.18 Å². The maximum Gasteiger partial charge on any atom is 0.418 e. The van der Waals surface area contributed by atoms with E-state index in [1.54, 1.807) is 6.92 Å². The fraction of sp³-hybridized carbons (Fsp3) is 0.250. The van der Waals surface area contributed by atoms with Gasteiger partial charge in [0, 0.05) is 17.8 Å². The second-order valence-electron chi connectivity index (χ2n) is 3.99. The monoisotopic (exact) mass is 316 g/mol. The fourth-order valence-corrected chi connectivity index (χ4v) is 2.10. The SMILES string of the molecule is CCNc1ccc(C(=O)Nc2nncs2)cc1C(F)(F)F. The van der Waals surface area contributed by atoms with Crippen molar-refractivity contribution in [3.8, 4) is 0 Å². The standard InChI is InChI=1S/C12H11F3N4OS/c1-2-16-9-4-3-7(5-8(9)12(13,14)15)10(20)18-11-19-17-6-21-11/h3-6,16H,2H2,1H3,(H,18,19,20). The van der Waals surface area contributed by atoms with Crippen molar-refractivity contribution in [2.75, 3.05) is 17.2 Å². The number of halogens is 3. The quantitative estimate of drug-likeness (QED) is 0.909. The number of carbonyl (C=O) groups is 1. The van der Waals surface area contributed by atoms with Crippen LogP contribution >= 0.6 is 11.3 Å². The highest BCUT2D eigenvalue weighted by Gasteiger charge is 2.34. The van der Waals surface area contributed by atoms with Crippen LogP contribution in [0, 0.1) is 0 Å². The van der Waals surface area contributed by atoms with Crippen molar-refractivity contribution in [3.05, 3.63) is 34.8 Å². The highest BCUT2D eigenvalue weighted by Crippen LogP contribution is 2.35. The van der Waals surface area contributed by atoms with Crippen molar-refractivity contribution >= 4 is 28.1 Å². The molecule has 5 nitrogen and oxygen atoms in total. The minimum absolute atomic E-state index is 0.0579. The lowest BCUT2D eigenvalue weighted by Gasteiger charge is -2.14. The van der Waals surface area contributed by atoms with Crippen LogP contribution in [0.3, 0.4) is 0 Å². The van der Waals surface area contributed by atoms with Crippen molar-refractivity contribution in [1.82, 2.24) is 10.2 Å². The summed E-state index contributed by atoms with van der Waals surface area (Å²) in [5, 5.41) is 12.4. The van der Waals surface area contributed by atoms with Crippen LogP contribution in [0.1, 0.15) is 22.8 Å². The first-order chi connectivity index (χ1) is 9.91. The number of alkyl halides is 3. The topological polar surface area (TPSA) is 66.9 Å². The van der Waals surface area contributed by atoms with Crippen LogP contribution in [0.2, 0.25) is 0 Å². The molecule has 0 saturated carbocycles. The van der Waals surface area contributed by atoms with Gasteiger partial charge in [-0.05, 0) is 25.1 Å². The lowest BCUT2D eigenvalue weighted by molar-refractivity contribution is -0.137. The Morgan fingerprint density at radius 1 is 1.38 bits per heavy atom. The first kappa shape index (κ1) is 15.2. The Kier molecular flexibility index (Phi) is 4.41. The maximum absolute atomic E-state index is 13.0. The van der Waals surface area contributed by atoms with E-state index < -0.39 is 17.6 Å². The zero-order valence-corrected chi connectivity index (χ0v) is 11.7. The van der Waals surface area contributed by atoms with Crippen LogP contribution in [0.4, 0.5) is 24.0 Å². The number of nitrogens with one attached hydrogen (secondary N) is 2. The van der Waals surface area contributed by atoms with E-state index in [1.807, 2.05) is 0 Å². The average molecular weight is 316 g/mol. The van der Waals surface area contributed by atoms with Gasteiger partial charge < -0.3 is 5.32 Å². The Hall–Kier alpha value is -2.16. The molecule has 0 aliphatic rings. The molecule has 1 heterocycles.